The minimum Gasteiger partial charge on any atom is -0.371 e. The number of ketones is 1. The van der Waals surface area contributed by atoms with E-state index in [9.17, 15) is 9.18 Å². The number of benzene rings is 1. The van der Waals surface area contributed by atoms with Gasteiger partial charge < -0.3 is 4.90 Å². The quantitative estimate of drug-likeness (QED) is 0.728. The van der Waals surface area contributed by atoms with Gasteiger partial charge in [-0.3, -0.25) is 4.79 Å². The van der Waals surface area contributed by atoms with Gasteiger partial charge in [0.05, 0.1) is 0 Å². The summed E-state index contributed by atoms with van der Waals surface area (Å²) in [4.78, 5) is 13.6. The van der Waals surface area contributed by atoms with Gasteiger partial charge in [-0.2, -0.15) is 0 Å². The number of carbonyl (C=O) groups excluding carboxylic acids is 1. The third kappa shape index (κ3) is 3.29. The Morgan fingerprint density at radius 1 is 1.47 bits per heavy atom. The van der Waals surface area contributed by atoms with Gasteiger partial charge in [-0.15, -0.1) is 0 Å². The van der Waals surface area contributed by atoms with Crippen LogP contribution in [0.3, 0.4) is 0 Å². The zero-order valence-electron chi connectivity index (χ0n) is 11.0. The molecule has 94 valence electrons. The Bertz CT molecular complexity index is 403. The molecule has 0 amide bonds. The molecule has 1 atom stereocenters. The van der Waals surface area contributed by atoms with Crippen LogP contribution in [0.1, 0.15) is 44.0 Å². The number of rotatable bonds is 5. The molecule has 0 aliphatic carbocycles. The molecule has 0 fully saturated rings. The van der Waals surface area contributed by atoms with Crippen molar-refractivity contribution in [1.82, 2.24) is 0 Å². The van der Waals surface area contributed by atoms with Gasteiger partial charge in [0.1, 0.15) is 5.82 Å². The summed E-state index contributed by atoms with van der Waals surface area (Å²) < 4.78 is 13.1. The lowest BCUT2D eigenvalue weighted by Gasteiger charge is -2.28. The Kier molecular flexibility index (Phi) is 4.67. The van der Waals surface area contributed by atoms with Crippen molar-refractivity contribution in [1.29, 1.82) is 0 Å². The average Bonchev–Trinajstić information content (AvgIpc) is 2.28. The monoisotopic (exact) mass is 237 g/mol. The van der Waals surface area contributed by atoms with Gasteiger partial charge in [0.25, 0.3) is 0 Å². The van der Waals surface area contributed by atoms with E-state index < -0.39 is 0 Å². The number of halogens is 1. The zero-order chi connectivity index (χ0) is 13.0. The van der Waals surface area contributed by atoms with E-state index in [1.54, 1.807) is 6.07 Å². The maximum absolute atomic E-state index is 13.1. The minimum atomic E-state index is -0.365. The van der Waals surface area contributed by atoms with Gasteiger partial charge in [-0.25, -0.2) is 4.39 Å². The maximum atomic E-state index is 13.1. The smallest absolute Gasteiger partial charge is 0.161 e. The van der Waals surface area contributed by atoms with Crippen molar-refractivity contribution in [3.63, 3.8) is 0 Å². The Morgan fingerprint density at radius 2 is 2.12 bits per heavy atom. The summed E-state index contributed by atoms with van der Waals surface area (Å²) in [6.45, 7) is 5.70. The molecule has 1 rings (SSSR count). The summed E-state index contributed by atoms with van der Waals surface area (Å²) in [5.74, 6) is -0.467. The van der Waals surface area contributed by atoms with E-state index in [-0.39, 0.29) is 11.6 Å². The standard InChI is InChI=1S/C14H20FNO/c1-5-6-10(2)16(4)14-8-7-12(15)9-13(14)11(3)17/h7-10H,5-6H2,1-4H3. The van der Waals surface area contributed by atoms with Gasteiger partial charge in [0.2, 0.25) is 0 Å². The summed E-state index contributed by atoms with van der Waals surface area (Å²) in [5.41, 5.74) is 1.26. The first-order valence-corrected chi connectivity index (χ1v) is 6.00. The lowest BCUT2D eigenvalue weighted by atomic mass is 10.1. The summed E-state index contributed by atoms with van der Waals surface area (Å²) in [6, 6.07) is 4.73. The zero-order valence-corrected chi connectivity index (χ0v) is 11.0. The predicted molar refractivity (Wildman–Crippen MR) is 69.2 cm³/mol. The van der Waals surface area contributed by atoms with Crippen molar-refractivity contribution in [2.45, 2.75) is 39.7 Å². The SMILES string of the molecule is CCCC(C)N(C)c1ccc(F)cc1C(C)=O. The van der Waals surface area contributed by atoms with Crippen molar-refractivity contribution in [3.05, 3.63) is 29.6 Å². The van der Waals surface area contributed by atoms with Crippen LogP contribution < -0.4 is 4.90 Å². The second-order valence-electron chi connectivity index (χ2n) is 4.47. The minimum absolute atomic E-state index is 0.102. The molecule has 1 aromatic rings. The summed E-state index contributed by atoms with van der Waals surface area (Å²) in [7, 11) is 1.94. The Labute approximate surface area is 102 Å². The molecular formula is C14H20FNO. The van der Waals surface area contributed by atoms with Gasteiger partial charge in [-0.1, -0.05) is 13.3 Å². The van der Waals surface area contributed by atoms with Gasteiger partial charge in [0.15, 0.2) is 5.78 Å². The lowest BCUT2D eigenvalue weighted by molar-refractivity contribution is 0.101. The topological polar surface area (TPSA) is 20.3 Å². The normalized spacial score (nSPS) is 12.3. The number of nitrogens with zero attached hydrogens (tertiary/aromatic N) is 1. The van der Waals surface area contributed by atoms with Crippen molar-refractivity contribution < 1.29 is 9.18 Å². The van der Waals surface area contributed by atoms with Gasteiger partial charge in [-0.05, 0) is 38.5 Å². The van der Waals surface area contributed by atoms with E-state index in [0.717, 1.165) is 18.5 Å². The van der Waals surface area contributed by atoms with Crippen LogP contribution in [-0.4, -0.2) is 18.9 Å². The molecule has 0 spiro atoms. The molecule has 0 heterocycles. The van der Waals surface area contributed by atoms with E-state index >= 15 is 0 Å². The molecule has 17 heavy (non-hydrogen) atoms. The first-order valence-electron chi connectivity index (χ1n) is 6.00. The van der Waals surface area contributed by atoms with Crippen molar-refractivity contribution >= 4 is 11.5 Å². The fraction of sp³-hybridized carbons (Fsp3) is 0.500. The molecule has 0 aliphatic rings. The van der Waals surface area contributed by atoms with Gasteiger partial charge in [0, 0.05) is 24.3 Å². The molecule has 1 aromatic carbocycles. The fourth-order valence-corrected chi connectivity index (χ4v) is 1.95. The van der Waals surface area contributed by atoms with Gasteiger partial charge >= 0.3 is 0 Å². The van der Waals surface area contributed by atoms with Crippen molar-refractivity contribution in [2.75, 3.05) is 11.9 Å². The van der Waals surface area contributed by atoms with Crippen LogP contribution in [0.2, 0.25) is 0 Å². The predicted octanol–water partition coefficient (Wildman–Crippen LogP) is 3.65. The lowest BCUT2D eigenvalue weighted by Crippen LogP contribution is -2.29. The highest BCUT2D eigenvalue weighted by Crippen LogP contribution is 2.24. The van der Waals surface area contributed by atoms with E-state index in [4.69, 9.17) is 0 Å². The summed E-state index contributed by atoms with van der Waals surface area (Å²) in [5, 5.41) is 0. The molecule has 3 heteroatoms. The average molecular weight is 237 g/mol. The molecule has 1 unspecified atom stereocenters. The Hall–Kier alpha value is -1.38. The fourth-order valence-electron chi connectivity index (χ4n) is 1.95. The summed E-state index contributed by atoms with van der Waals surface area (Å²) in [6.07, 6.45) is 2.13. The molecule has 0 aromatic heterocycles. The van der Waals surface area contributed by atoms with E-state index in [1.165, 1.54) is 19.1 Å². The number of hydrogen-bond donors (Lipinski definition) is 0. The highest BCUT2D eigenvalue weighted by Gasteiger charge is 2.15. The molecule has 0 aliphatic heterocycles. The first kappa shape index (κ1) is 13.7. The molecule has 0 bridgehead atoms. The largest absolute Gasteiger partial charge is 0.371 e. The second kappa shape index (κ2) is 5.80. The van der Waals surface area contributed by atoms with Crippen molar-refractivity contribution in [2.24, 2.45) is 0 Å². The van der Waals surface area contributed by atoms with E-state index in [0.29, 0.717) is 11.6 Å². The number of hydrogen-bond acceptors (Lipinski definition) is 2. The van der Waals surface area contributed by atoms with Crippen LogP contribution in [0, 0.1) is 5.82 Å². The number of carbonyl (C=O) groups is 1. The third-order valence-corrected chi connectivity index (χ3v) is 3.09. The van der Waals surface area contributed by atoms with Crippen LogP contribution in [0.5, 0.6) is 0 Å². The van der Waals surface area contributed by atoms with Crippen LogP contribution in [0.25, 0.3) is 0 Å². The van der Waals surface area contributed by atoms with Crippen LogP contribution in [0.15, 0.2) is 18.2 Å². The summed E-state index contributed by atoms with van der Waals surface area (Å²) >= 11 is 0. The van der Waals surface area contributed by atoms with Crippen LogP contribution in [-0.2, 0) is 0 Å². The molecule has 0 saturated carbocycles. The molecular weight excluding hydrogens is 217 g/mol. The second-order valence-corrected chi connectivity index (χ2v) is 4.47. The molecule has 2 nitrogen and oxygen atoms in total. The Morgan fingerprint density at radius 3 is 2.65 bits per heavy atom. The van der Waals surface area contributed by atoms with E-state index in [2.05, 4.69) is 13.8 Å². The Balaban J connectivity index is 3.08. The van der Waals surface area contributed by atoms with Crippen molar-refractivity contribution in [3.8, 4) is 0 Å². The third-order valence-electron chi connectivity index (χ3n) is 3.09. The number of Topliss-reactive ketones (excluding diaryl/α,β-unsaturated/α-hetero) is 1. The molecule has 0 saturated heterocycles. The highest BCUT2D eigenvalue weighted by atomic mass is 19.1. The van der Waals surface area contributed by atoms with E-state index in [1.807, 2.05) is 11.9 Å². The molecule has 0 N–H and O–H groups in total. The first-order chi connectivity index (χ1) is 7.97. The number of anilines is 1. The maximum Gasteiger partial charge on any atom is 0.161 e. The molecule has 0 radical (unpaired) electrons. The van der Waals surface area contributed by atoms with Crippen LogP contribution in [0.4, 0.5) is 10.1 Å². The highest BCUT2D eigenvalue weighted by molar-refractivity contribution is 5.99. The van der Waals surface area contributed by atoms with Crippen LogP contribution >= 0.6 is 0 Å².